The Morgan fingerprint density at radius 2 is 1.46 bits per heavy atom. The third-order valence-electron chi connectivity index (χ3n) is 3.95. The quantitative estimate of drug-likeness (QED) is 0.888. The lowest BCUT2D eigenvalue weighted by Crippen LogP contribution is -2.54. The Balaban J connectivity index is 1.74. The van der Waals surface area contributed by atoms with Crippen LogP contribution in [0.25, 0.3) is 0 Å². The van der Waals surface area contributed by atoms with Gasteiger partial charge in [0.2, 0.25) is 0 Å². The first-order valence-electron chi connectivity index (χ1n) is 8.16. The van der Waals surface area contributed by atoms with Gasteiger partial charge in [0, 0.05) is 11.1 Å². The summed E-state index contributed by atoms with van der Waals surface area (Å²) in [6.45, 7) is 0. The summed E-state index contributed by atoms with van der Waals surface area (Å²) in [4.78, 5) is 24.8. The molecule has 0 bridgehead atoms. The minimum atomic E-state index is -0.838. The molecule has 0 radical (unpaired) electrons. The van der Waals surface area contributed by atoms with Gasteiger partial charge in [-0.3, -0.25) is 9.59 Å². The molecule has 1 heterocycles. The first-order valence-corrected chi connectivity index (χ1v) is 8.16. The normalized spacial score (nSPS) is 18.7. The van der Waals surface area contributed by atoms with Gasteiger partial charge in [0.1, 0.15) is 6.07 Å². The van der Waals surface area contributed by atoms with Crippen molar-refractivity contribution in [3.63, 3.8) is 0 Å². The largest absolute Gasteiger partial charge is 0.458 e. The molecule has 1 aliphatic rings. The van der Waals surface area contributed by atoms with Gasteiger partial charge in [-0.15, -0.1) is 0 Å². The molecular weight excluding hydrogens is 330 g/mol. The molecular formula is C20H17N3O3. The first kappa shape index (κ1) is 17.2. The zero-order chi connectivity index (χ0) is 18.4. The number of allylic oxidation sites excluding steroid dienone is 1. The molecule has 3 rings (SSSR count). The fourth-order valence-corrected chi connectivity index (χ4v) is 2.60. The third kappa shape index (κ3) is 4.08. The SMILES string of the molecule is N#CC1=CC[C@@H](NC(=O)c2ccccc2)[C@@H](NC(=O)c2ccccc2)O1. The number of nitrogens with zero attached hydrogens (tertiary/aromatic N) is 1. The summed E-state index contributed by atoms with van der Waals surface area (Å²) in [5.74, 6) is -0.491. The highest BCUT2D eigenvalue weighted by molar-refractivity contribution is 5.95. The van der Waals surface area contributed by atoms with E-state index in [1.54, 1.807) is 54.6 Å². The Hall–Kier alpha value is -3.59. The summed E-state index contributed by atoms with van der Waals surface area (Å²) in [6, 6.07) is 18.9. The Labute approximate surface area is 151 Å². The van der Waals surface area contributed by atoms with Gasteiger partial charge >= 0.3 is 0 Å². The number of carbonyl (C=O) groups excluding carboxylic acids is 2. The van der Waals surface area contributed by atoms with Crippen molar-refractivity contribution in [3.05, 3.63) is 83.6 Å². The molecule has 2 aromatic rings. The molecule has 2 aromatic carbocycles. The van der Waals surface area contributed by atoms with Crippen molar-refractivity contribution in [2.45, 2.75) is 18.7 Å². The molecule has 130 valence electrons. The van der Waals surface area contributed by atoms with Gasteiger partial charge in [-0.2, -0.15) is 5.26 Å². The molecule has 6 heteroatoms. The predicted molar refractivity (Wildman–Crippen MR) is 94.8 cm³/mol. The minimum Gasteiger partial charge on any atom is -0.458 e. The number of nitrogens with one attached hydrogen (secondary N) is 2. The molecule has 2 amide bonds. The van der Waals surface area contributed by atoms with Crippen LogP contribution in [0, 0.1) is 11.3 Å². The van der Waals surface area contributed by atoms with Crippen LogP contribution in [-0.2, 0) is 4.74 Å². The van der Waals surface area contributed by atoms with E-state index in [1.807, 2.05) is 18.2 Å². The highest BCUT2D eigenvalue weighted by Crippen LogP contribution is 2.17. The first-order chi connectivity index (χ1) is 12.7. The maximum atomic E-state index is 12.4. The van der Waals surface area contributed by atoms with Gasteiger partial charge in [-0.25, -0.2) is 0 Å². The number of carbonyl (C=O) groups is 2. The molecule has 0 aliphatic carbocycles. The standard InChI is InChI=1S/C20H17N3O3/c21-13-16-11-12-17(22-18(24)14-7-3-1-4-8-14)20(26-16)23-19(25)15-9-5-2-6-10-15/h1-11,17,20H,12H2,(H,22,24)(H,23,25)/t17-,20+/m1/s1. The van der Waals surface area contributed by atoms with Crippen molar-refractivity contribution in [2.24, 2.45) is 0 Å². The van der Waals surface area contributed by atoms with Gasteiger partial charge in [0.25, 0.3) is 11.8 Å². The van der Waals surface area contributed by atoms with Crippen LogP contribution in [0.2, 0.25) is 0 Å². The monoisotopic (exact) mass is 347 g/mol. The predicted octanol–water partition coefficient (Wildman–Crippen LogP) is 2.37. The van der Waals surface area contributed by atoms with E-state index in [0.717, 1.165) is 0 Å². The summed E-state index contributed by atoms with van der Waals surface area (Å²) in [6.07, 6.45) is 1.14. The lowest BCUT2D eigenvalue weighted by molar-refractivity contribution is 0.0393. The fourth-order valence-electron chi connectivity index (χ4n) is 2.60. The maximum absolute atomic E-state index is 12.4. The van der Waals surface area contributed by atoms with Gasteiger partial charge in [-0.05, 0) is 36.8 Å². The van der Waals surface area contributed by atoms with Crippen LogP contribution < -0.4 is 10.6 Å². The molecule has 1 aliphatic heterocycles. The Morgan fingerprint density at radius 3 is 2.00 bits per heavy atom. The third-order valence-corrected chi connectivity index (χ3v) is 3.95. The number of hydrogen-bond donors (Lipinski definition) is 2. The van der Waals surface area contributed by atoms with Crippen molar-refractivity contribution in [2.75, 3.05) is 0 Å². The molecule has 0 spiro atoms. The van der Waals surface area contributed by atoms with Crippen LogP contribution in [0.15, 0.2) is 72.5 Å². The molecule has 2 N–H and O–H groups in total. The van der Waals surface area contributed by atoms with E-state index in [-0.39, 0.29) is 17.6 Å². The number of nitriles is 1. The van der Waals surface area contributed by atoms with Crippen LogP contribution in [-0.4, -0.2) is 24.1 Å². The number of rotatable bonds is 4. The summed E-state index contributed by atoms with van der Waals surface area (Å²) < 4.78 is 5.53. The van der Waals surface area contributed by atoms with Gasteiger partial charge in [-0.1, -0.05) is 36.4 Å². The van der Waals surface area contributed by atoms with Gasteiger partial charge in [0.15, 0.2) is 12.0 Å². The van der Waals surface area contributed by atoms with Crippen LogP contribution in [0.3, 0.4) is 0 Å². The van der Waals surface area contributed by atoms with E-state index in [1.165, 1.54) is 0 Å². The number of benzene rings is 2. The van der Waals surface area contributed by atoms with Crippen LogP contribution >= 0.6 is 0 Å². The maximum Gasteiger partial charge on any atom is 0.254 e. The van der Waals surface area contributed by atoms with Crippen molar-refractivity contribution in [1.82, 2.24) is 10.6 Å². The van der Waals surface area contributed by atoms with Gasteiger partial charge < -0.3 is 15.4 Å². The number of amides is 2. The molecule has 0 unspecified atom stereocenters. The number of ether oxygens (including phenoxy) is 1. The summed E-state index contributed by atoms with van der Waals surface area (Å²) in [7, 11) is 0. The van der Waals surface area contributed by atoms with Crippen molar-refractivity contribution in [1.29, 1.82) is 5.26 Å². The molecule has 0 saturated heterocycles. The van der Waals surface area contributed by atoms with E-state index in [2.05, 4.69) is 10.6 Å². The molecule has 26 heavy (non-hydrogen) atoms. The number of hydrogen-bond acceptors (Lipinski definition) is 4. The van der Waals surface area contributed by atoms with Crippen molar-refractivity contribution in [3.8, 4) is 6.07 Å². The van der Waals surface area contributed by atoms with Crippen LogP contribution in [0.1, 0.15) is 27.1 Å². The van der Waals surface area contributed by atoms with E-state index in [9.17, 15) is 9.59 Å². The summed E-state index contributed by atoms with van der Waals surface area (Å²) in [5, 5.41) is 14.7. The molecule has 0 saturated carbocycles. The average Bonchev–Trinajstić information content (AvgIpc) is 2.70. The molecule has 2 atom stereocenters. The second-order valence-electron chi connectivity index (χ2n) is 5.74. The topological polar surface area (TPSA) is 91.2 Å². The van der Waals surface area contributed by atoms with E-state index >= 15 is 0 Å². The average molecular weight is 347 g/mol. The Morgan fingerprint density at radius 1 is 0.923 bits per heavy atom. The van der Waals surface area contributed by atoms with Crippen LogP contribution in [0.5, 0.6) is 0 Å². The molecule has 6 nitrogen and oxygen atoms in total. The van der Waals surface area contributed by atoms with Crippen LogP contribution in [0.4, 0.5) is 0 Å². The van der Waals surface area contributed by atoms with E-state index < -0.39 is 12.3 Å². The molecule has 0 aromatic heterocycles. The van der Waals surface area contributed by atoms with E-state index in [4.69, 9.17) is 10.00 Å². The summed E-state index contributed by atoms with van der Waals surface area (Å²) >= 11 is 0. The van der Waals surface area contributed by atoms with Crippen molar-refractivity contribution < 1.29 is 14.3 Å². The minimum absolute atomic E-state index is 0.119. The Kier molecular flexibility index (Phi) is 5.30. The highest BCUT2D eigenvalue weighted by Gasteiger charge is 2.30. The lowest BCUT2D eigenvalue weighted by atomic mass is 10.1. The van der Waals surface area contributed by atoms with Gasteiger partial charge in [0.05, 0.1) is 6.04 Å². The highest BCUT2D eigenvalue weighted by atomic mass is 16.5. The second kappa shape index (κ2) is 7.99. The van der Waals surface area contributed by atoms with E-state index in [0.29, 0.717) is 17.5 Å². The molecule has 0 fully saturated rings. The fraction of sp³-hybridized carbons (Fsp3) is 0.150. The zero-order valence-corrected chi connectivity index (χ0v) is 13.9. The Bertz CT molecular complexity index is 857. The smallest absolute Gasteiger partial charge is 0.254 e. The second-order valence-corrected chi connectivity index (χ2v) is 5.74. The zero-order valence-electron chi connectivity index (χ0n) is 13.9. The lowest BCUT2D eigenvalue weighted by Gasteiger charge is -2.31. The van der Waals surface area contributed by atoms with Crippen molar-refractivity contribution >= 4 is 11.8 Å². The summed E-state index contributed by atoms with van der Waals surface area (Å²) in [5.41, 5.74) is 0.980.